The van der Waals surface area contributed by atoms with Gasteiger partial charge in [0.1, 0.15) is 0 Å². The molecule has 0 amide bonds. The van der Waals surface area contributed by atoms with Crippen LogP contribution in [0.3, 0.4) is 0 Å². The lowest BCUT2D eigenvalue weighted by atomic mass is 10.4. The van der Waals surface area contributed by atoms with Gasteiger partial charge in [-0.05, 0) is 0 Å². The van der Waals surface area contributed by atoms with Crippen LogP contribution >= 0.6 is 0 Å². The Morgan fingerprint density at radius 2 is 1.08 bits per heavy atom. The second-order valence-corrected chi connectivity index (χ2v) is 10.6. The molecule has 0 heterocycles. The molecule has 0 aromatic carbocycles. The maximum atomic E-state index is 2.38. The Kier molecular flexibility index (Phi) is 8.34. The van der Waals surface area contributed by atoms with E-state index < -0.39 is 0 Å². The molecule has 0 saturated heterocycles. The van der Waals surface area contributed by atoms with Crippen LogP contribution < -0.4 is 0 Å². The van der Waals surface area contributed by atoms with Crippen LogP contribution in [-0.4, -0.2) is 19.0 Å². The van der Waals surface area contributed by atoms with Crippen LogP contribution in [0, 0.1) is 0 Å². The molecule has 2 heteroatoms. The summed E-state index contributed by atoms with van der Waals surface area (Å²) in [7, 11) is 0.628. The average Bonchev–Trinajstić information content (AvgIpc) is 1.95. The van der Waals surface area contributed by atoms with Crippen molar-refractivity contribution in [1.82, 2.24) is 0 Å². The number of hydrogen-bond acceptors (Lipinski definition) is 0. The van der Waals surface area contributed by atoms with Gasteiger partial charge in [0.05, 0.1) is 0 Å². The molecule has 74 valence electrons. The smallest absolute Gasteiger partial charge is 0.0224 e. The molecule has 0 atom stereocenters. The first kappa shape index (κ1) is 12.4. The monoisotopic (exact) mass is 202 g/mol. The van der Waals surface area contributed by atoms with Crippen LogP contribution in [0.5, 0.6) is 0 Å². The molecule has 0 N–H and O–H groups in total. The lowest BCUT2D eigenvalue weighted by Gasteiger charge is -2.04. The molecular formula is C10H26Si2. The van der Waals surface area contributed by atoms with Gasteiger partial charge in [-0.15, -0.1) is 0 Å². The number of hydrogen-bond donors (Lipinski definition) is 0. The Labute approximate surface area is 83.2 Å². The summed E-state index contributed by atoms with van der Waals surface area (Å²) in [5.41, 5.74) is 2.10. The van der Waals surface area contributed by atoms with E-state index in [2.05, 4.69) is 27.7 Å². The van der Waals surface area contributed by atoms with Crippen LogP contribution in [0.2, 0.25) is 23.2 Å². The lowest BCUT2D eigenvalue weighted by Crippen LogP contribution is -1.97. The van der Waals surface area contributed by atoms with Gasteiger partial charge in [0.2, 0.25) is 0 Å². The molecule has 0 aromatic rings. The van der Waals surface area contributed by atoms with Gasteiger partial charge in [-0.3, -0.25) is 0 Å². The van der Waals surface area contributed by atoms with Gasteiger partial charge in [-0.1, -0.05) is 63.7 Å². The first-order chi connectivity index (χ1) is 5.63. The average molecular weight is 202 g/mol. The van der Waals surface area contributed by atoms with E-state index >= 15 is 0 Å². The molecule has 0 unspecified atom stereocenters. The summed E-state index contributed by atoms with van der Waals surface area (Å²) < 4.78 is 0. The molecule has 0 aliphatic rings. The van der Waals surface area contributed by atoms with Crippen LogP contribution in [0.4, 0.5) is 0 Å². The predicted molar refractivity (Wildman–Crippen MR) is 66.1 cm³/mol. The molecule has 0 fully saturated rings. The molecular weight excluding hydrogens is 176 g/mol. The Morgan fingerprint density at radius 3 is 1.33 bits per heavy atom. The molecule has 0 aromatic heterocycles. The van der Waals surface area contributed by atoms with Crippen molar-refractivity contribution in [1.29, 1.82) is 0 Å². The maximum Gasteiger partial charge on any atom is 0.0224 e. The maximum absolute atomic E-state index is 2.38. The summed E-state index contributed by atoms with van der Waals surface area (Å²) in [6.45, 7) is 9.54. The Hall–Kier alpha value is 0.434. The Morgan fingerprint density at radius 1 is 0.750 bits per heavy atom. The topological polar surface area (TPSA) is 0 Å². The van der Waals surface area contributed by atoms with E-state index in [1.54, 1.807) is 24.9 Å². The summed E-state index contributed by atoms with van der Waals surface area (Å²) >= 11 is 0. The van der Waals surface area contributed by atoms with E-state index in [1.807, 2.05) is 0 Å². The second kappa shape index (κ2) is 8.05. The zero-order valence-corrected chi connectivity index (χ0v) is 12.2. The van der Waals surface area contributed by atoms with Gasteiger partial charge in [-0.25, -0.2) is 0 Å². The van der Waals surface area contributed by atoms with Crippen molar-refractivity contribution in [3.05, 3.63) is 0 Å². The zero-order chi connectivity index (χ0) is 9.40. The third kappa shape index (κ3) is 10.4. The minimum absolute atomic E-state index is 0.314. The highest BCUT2D eigenvalue weighted by Gasteiger charge is 1.97. The molecule has 0 radical (unpaired) electrons. The van der Waals surface area contributed by atoms with Crippen LogP contribution in [0.1, 0.15) is 40.5 Å². The lowest BCUT2D eigenvalue weighted by molar-refractivity contribution is 0.854. The van der Waals surface area contributed by atoms with Crippen LogP contribution in [0.15, 0.2) is 0 Å². The van der Waals surface area contributed by atoms with Gasteiger partial charge in [-0.2, -0.15) is 0 Å². The van der Waals surface area contributed by atoms with Crippen LogP contribution in [0.25, 0.3) is 0 Å². The molecule has 0 bridgehead atoms. The van der Waals surface area contributed by atoms with Crippen molar-refractivity contribution in [3.63, 3.8) is 0 Å². The molecule has 0 aliphatic carbocycles. The van der Waals surface area contributed by atoms with Gasteiger partial charge < -0.3 is 0 Å². The highest BCUT2D eigenvalue weighted by Crippen LogP contribution is 2.09. The fourth-order valence-corrected chi connectivity index (χ4v) is 4.38. The first-order valence-electron chi connectivity index (χ1n) is 5.63. The molecule has 0 saturated carbocycles. The molecule has 0 spiro atoms. The van der Waals surface area contributed by atoms with Gasteiger partial charge in [0, 0.05) is 19.0 Å². The van der Waals surface area contributed by atoms with Crippen molar-refractivity contribution in [2.24, 2.45) is 0 Å². The molecule has 0 rings (SSSR count). The van der Waals surface area contributed by atoms with Crippen molar-refractivity contribution in [3.8, 4) is 0 Å². The summed E-state index contributed by atoms with van der Waals surface area (Å²) in [6, 6.07) is 3.20. The summed E-state index contributed by atoms with van der Waals surface area (Å²) in [5.74, 6) is 0. The van der Waals surface area contributed by atoms with Gasteiger partial charge in [0.25, 0.3) is 0 Å². The Balaban J connectivity index is 2.91. The van der Waals surface area contributed by atoms with E-state index in [0.29, 0.717) is 19.0 Å². The largest absolute Gasteiger partial charge is 0.0657 e. The van der Waals surface area contributed by atoms with E-state index in [9.17, 15) is 0 Å². The highest BCUT2D eigenvalue weighted by molar-refractivity contribution is 6.37. The van der Waals surface area contributed by atoms with Gasteiger partial charge in [0.15, 0.2) is 0 Å². The summed E-state index contributed by atoms with van der Waals surface area (Å²) in [5, 5.41) is 0. The predicted octanol–water partition coefficient (Wildman–Crippen LogP) is 2.60. The standard InChI is InChI=1S/C10H26Si2/c1-9(2)11-7-5-6-8-12-10(3)4/h9-10H,5-8,11-12H2,1-4H3. The minimum Gasteiger partial charge on any atom is -0.0657 e. The van der Waals surface area contributed by atoms with Gasteiger partial charge >= 0.3 is 0 Å². The SMILES string of the molecule is CC(C)[SiH2]CCCC[SiH2]C(C)C. The molecule has 0 nitrogen and oxygen atoms in total. The fourth-order valence-electron chi connectivity index (χ4n) is 1.46. The highest BCUT2D eigenvalue weighted by atomic mass is 28.2. The number of unbranched alkanes of at least 4 members (excludes halogenated alkanes) is 1. The van der Waals surface area contributed by atoms with Crippen molar-refractivity contribution >= 4 is 19.0 Å². The number of rotatable bonds is 7. The quantitative estimate of drug-likeness (QED) is 0.440. The third-order valence-corrected chi connectivity index (χ3v) is 6.44. The van der Waals surface area contributed by atoms with Crippen molar-refractivity contribution in [2.45, 2.75) is 63.7 Å². The second-order valence-electron chi connectivity index (χ2n) is 4.78. The van der Waals surface area contributed by atoms with E-state index in [4.69, 9.17) is 0 Å². The molecule has 0 aliphatic heterocycles. The first-order valence-corrected chi connectivity index (χ1v) is 9.26. The summed E-state index contributed by atoms with van der Waals surface area (Å²) in [6.07, 6.45) is 3.09. The fraction of sp³-hybridized carbons (Fsp3) is 1.00. The van der Waals surface area contributed by atoms with Crippen LogP contribution in [-0.2, 0) is 0 Å². The van der Waals surface area contributed by atoms with Crippen molar-refractivity contribution in [2.75, 3.05) is 0 Å². The minimum atomic E-state index is 0.314. The summed E-state index contributed by atoms with van der Waals surface area (Å²) in [4.78, 5) is 0. The van der Waals surface area contributed by atoms with E-state index in [0.717, 1.165) is 11.1 Å². The van der Waals surface area contributed by atoms with E-state index in [-0.39, 0.29) is 0 Å². The van der Waals surface area contributed by atoms with E-state index in [1.165, 1.54) is 0 Å². The zero-order valence-electron chi connectivity index (χ0n) is 9.40. The normalized spacial score (nSPS) is 13.5. The Bertz CT molecular complexity index is 77.8. The van der Waals surface area contributed by atoms with Crippen molar-refractivity contribution < 1.29 is 0 Å². The molecule has 12 heavy (non-hydrogen) atoms. The third-order valence-electron chi connectivity index (χ3n) is 2.31.